The highest BCUT2D eigenvalue weighted by atomic mass is 16.6. The Hall–Kier alpha value is -4.61. The Morgan fingerprint density at radius 1 is 0.846 bits per heavy atom. The van der Waals surface area contributed by atoms with Crippen LogP contribution in [0, 0.1) is 0 Å². The Balaban J connectivity index is 1.53. The average molecular weight is 541 g/mol. The lowest BCUT2D eigenvalue weighted by Crippen LogP contribution is -2.44. The molecule has 12 heteroatoms. The first-order chi connectivity index (χ1) is 18.8. The number of carbonyl (C=O) groups excluding carboxylic acids is 3. The number of alkyl carbamates (subject to hydrolysis) is 3. The molecule has 1 atom stereocenters. The molecule has 0 fully saturated rings. The van der Waals surface area contributed by atoms with Gasteiger partial charge in [0.05, 0.1) is 13.2 Å². The van der Waals surface area contributed by atoms with Crippen LogP contribution in [-0.4, -0.2) is 67.7 Å². The summed E-state index contributed by atoms with van der Waals surface area (Å²) in [5, 5.41) is 16.5. The van der Waals surface area contributed by atoms with Gasteiger partial charge in [-0.15, -0.1) is 0 Å². The van der Waals surface area contributed by atoms with E-state index < -0.39 is 30.3 Å². The number of fused-ring (bicyclic) bond motifs is 3. The molecule has 12 nitrogen and oxygen atoms in total. The highest BCUT2D eigenvalue weighted by molar-refractivity contribution is 6.01. The normalized spacial score (nSPS) is 12.3. The molecule has 3 amide bonds. The number of hydrogen-bond donors (Lipinski definition) is 4. The van der Waals surface area contributed by atoms with Crippen LogP contribution in [0.5, 0.6) is 0 Å². The van der Waals surface area contributed by atoms with Crippen molar-refractivity contribution in [3.05, 3.63) is 59.7 Å². The second-order valence-corrected chi connectivity index (χ2v) is 8.42. The smallest absolute Gasteiger partial charge is 0.413 e. The standard InChI is InChI=1S/C27H32N4O8/c1-3-37-26(35)30-24(31-27(36)38-4-2)28-15-9-14-22(23(32)33)29-25(34)39-16-21-19-12-7-5-10-17(19)18-11-6-8-13-20(18)21/h5-8,10-13,21-22H,3-4,9,14-16H2,1-2H3,(H,29,34)(H,32,33)(H2,28,30,31,35,36)/t22-/m1/s1. The lowest BCUT2D eigenvalue weighted by atomic mass is 9.98. The number of carbonyl (C=O) groups is 4. The van der Waals surface area contributed by atoms with Crippen LogP contribution in [0.4, 0.5) is 14.4 Å². The van der Waals surface area contributed by atoms with Crippen molar-refractivity contribution >= 4 is 30.2 Å². The van der Waals surface area contributed by atoms with Crippen molar-refractivity contribution in [2.75, 3.05) is 26.4 Å². The SMILES string of the molecule is CCOC(=O)NC(=NCCC[C@@H](NC(=O)OCC1c2ccccc2-c2ccccc21)C(=O)O)NC(=O)OCC. The summed E-state index contributed by atoms with van der Waals surface area (Å²) >= 11 is 0. The third-order valence-electron chi connectivity index (χ3n) is 5.85. The molecule has 2 aromatic rings. The van der Waals surface area contributed by atoms with Crippen LogP contribution in [-0.2, 0) is 19.0 Å². The third kappa shape index (κ3) is 8.19. The van der Waals surface area contributed by atoms with Crippen molar-refractivity contribution in [2.24, 2.45) is 4.99 Å². The van der Waals surface area contributed by atoms with Crippen molar-refractivity contribution < 1.29 is 38.5 Å². The molecule has 0 aromatic heterocycles. The number of ether oxygens (including phenoxy) is 3. The van der Waals surface area contributed by atoms with E-state index in [0.29, 0.717) is 0 Å². The average Bonchev–Trinajstić information content (AvgIpc) is 3.23. The quantitative estimate of drug-likeness (QED) is 0.154. The second-order valence-electron chi connectivity index (χ2n) is 8.42. The number of aliphatic imine (C=N–C) groups is 1. The molecule has 4 N–H and O–H groups in total. The molecule has 0 aliphatic heterocycles. The number of aliphatic carboxylic acids is 1. The minimum Gasteiger partial charge on any atom is -0.480 e. The minimum absolute atomic E-state index is 0.0229. The molecule has 39 heavy (non-hydrogen) atoms. The Kier molecular flexibility index (Phi) is 10.7. The van der Waals surface area contributed by atoms with Crippen molar-refractivity contribution in [3.8, 4) is 11.1 Å². The van der Waals surface area contributed by atoms with Gasteiger partial charge >= 0.3 is 24.2 Å². The molecule has 208 valence electrons. The van der Waals surface area contributed by atoms with Crippen LogP contribution in [0.3, 0.4) is 0 Å². The first-order valence-corrected chi connectivity index (χ1v) is 12.6. The van der Waals surface area contributed by atoms with Crippen molar-refractivity contribution in [1.29, 1.82) is 0 Å². The fraction of sp³-hybridized carbons (Fsp3) is 0.370. The van der Waals surface area contributed by atoms with E-state index >= 15 is 0 Å². The summed E-state index contributed by atoms with van der Waals surface area (Å²) in [6.07, 6.45) is -2.27. The topological polar surface area (TPSA) is 165 Å². The fourth-order valence-corrected chi connectivity index (χ4v) is 4.16. The van der Waals surface area contributed by atoms with Crippen LogP contribution in [0.15, 0.2) is 53.5 Å². The van der Waals surface area contributed by atoms with Crippen LogP contribution in [0.1, 0.15) is 43.7 Å². The number of amides is 3. The van der Waals surface area contributed by atoms with Crippen molar-refractivity contribution in [2.45, 2.75) is 38.6 Å². The number of benzene rings is 2. The number of nitrogens with zero attached hydrogens (tertiary/aromatic N) is 1. The maximum absolute atomic E-state index is 12.5. The van der Waals surface area contributed by atoms with Gasteiger partial charge in [0.1, 0.15) is 12.6 Å². The largest absolute Gasteiger partial charge is 0.480 e. The molecule has 0 unspecified atom stereocenters. The summed E-state index contributed by atoms with van der Waals surface area (Å²) in [6.45, 7) is 3.54. The lowest BCUT2D eigenvalue weighted by Gasteiger charge is -2.17. The molecule has 3 rings (SSSR count). The van der Waals surface area contributed by atoms with E-state index in [9.17, 15) is 24.3 Å². The van der Waals surface area contributed by atoms with Gasteiger partial charge in [0.2, 0.25) is 5.96 Å². The van der Waals surface area contributed by atoms with Gasteiger partial charge in [0, 0.05) is 12.5 Å². The maximum Gasteiger partial charge on any atom is 0.413 e. The van der Waals surface area contributed by atoms with E-state index in [4.69, 9.17) is 14.2 Å². The predicted octanol–water partition coefficient (Wildman–Crippen LogP) is 3.61. The molecule has 0 bridgehead atoms. The first-order valence-electron chi connectivity index (χ1n) is 12.6. The van der Waals surface area contributed by atoms with E-state index in [1.54, 1.807) is 13.8 Å². The first kappa shape index (κ1) is 29.0. The fourth-order valence-electron chi connectivity index (χ4n) is 4.16. The molecular formula is C27H32N4O8. The summed E-state index contributed by atoms with van der Waals surface area (Å²) < 4.78 is 15.0. The van der Waals surface area contributed by atoms with Crippen LogP contribution >= 0.6 is 0 Å². The predicted molar refractivity (Wildman–Crippen MR) is 141 cm³/mol. The van der Waals surface area contributed by atoms with Gasteiger partial charge in [0.25, 0.3) is 0 Å². The Labute approximate surface area is 225 Å². The molecular weight excluding hydrogens is 508 g/mol. The van der Waals surface area contributed by atoms with Gasteiger partial charge in [-0.1, -0.05) is 48.5 Å². The zero-order valence-electron chi connectivity index (χ0n) is 21.8. The van der Waals surface area contributed by atoms with Gasteiger partial charge in [0.15, 0.2) is 0 Å². The Bertz CT molecular complexity index is 1150. The van der Waals surface area contributed by atoms with Gasteiger partial charge in [-0.3, -0.25) is 15.6 Å². The highest BCUT2D eigenvalue weighted by Crippen LogP contribution is 2.44. The van der Waals surface area contributed by atoms with E-state index in [-0.39, 0.29) is 51.1 Å². The van der Waals surface area contributed by atoms with Gasteiger partial charge in [-0.05, 0) is 48.9 Å². The second kappa shape index (κ2) is 14.4. The van der Waals surface area contributed by atoms with Gasteiger partial charge in [-0.2, -0.15) is 0 Å². The summed E-state index contributed by atoms with van der Waals surface area (Å²) in [5.74, 6) is -1.59. The van der Waals surface area contributed by atoms with E-state index in [0.717, 1.165) is 22.3 Å². The van der Waals surface area contributed by atoms with E-state index in [1.165, 1.54) is 0 Å². The zero-order chi connectivity index (χ0) is 28.2. The summed E-state index contributed by atoms with van der Waals surface area (Å²) in [7, 11) is 0. The Morgan fingerprint density at radius 3 is 1.90 bits per heavy atom. The van der Waals surface area contributed by atoms with Crippen molar-refractivity contribution in [3.63, 3.8) is 0 Å². The van der Waals surface area contributed by atoms with Crippen molar-refractivity contribution in [1.82, 2.24) is 16.0 Å². The molecule has 1 aliphatic carbocycles. The molecule has 0 heterocycles. The number of rotatable bonds is 10. The highest BCUT2D eigenvalue weighted by Gasteiger charge is 2.29. The Morgan fingerprint density at radius 2 is 1.38 bits per heavy atom. The zero-order valence-corrected chi connectivity index (χ0v) is 21.8. The van der Waals surface area contributed by atoms with E-state index in [2.05, 4.69) is 20.9 Å². The van der Waals surface area contributed by atoms with E-state index in [1.807, 2.05) is 48.5 Å². The maximum atomic E-state index is 12.5. The van der Waals surface area contributed by atoms with Gasteiger partial charge in [-0.25, -0.2) is 19.2 Å². The third-order valence-corrected chi connectivity index (χ3v) is 5.85. The summed E-state index contributed by atoms with van der Waals surface area (Å²) in [6, 6.07) is 14.6. The van der Waals surface area contributed by atoms with Crippen LogP contribution in [0.25, 0.3) is 11.1 Å². The molecule has 0 saturated carbocycles. The van der Waals surface area contributed by atoms with Gasteiger partial charge < -0.3 is 24.6 Å². The number of guanidine groups is 1. The summed E-state index contributed by atoms with van der Waals surface area (Å²) in [5.41, 5.74) is 4.26. The number of carboxylic acids is 1. The lowest BCUT2D eigenvalue weighted by molar-refractivity contribution is -0.139. The van der Waals surface area contributed by atoms with Crippen LogP contribution in [0.2, 0.25) is 0 Å². The molecule has 0 spiro atoms. The minimum atomic E-state index is -1.23. The molecule has 2 aromatic carbocycles. The monoisotopic (exact) mass is 540 g/mol. The number of nitrogens with one attached hydrogen (secondary N) is 3. The van der Waals surface area contributed by atoms with Crippen LogP contribution < -0.4 is 16.0 Å². The summed E-state index contributed by atoms with van der Waals surface area (Å²) in [4.78, 5) is 51.7. The molecule has 0 saturated heterocycles. The molecule has 1 aliphatic rings. The molecule has 0 radical (unpaired) electrons. The number of carboxylic acid groups (broad SMARTS) is 1. The number of hydrogen-bond acceptors (Lipinski definition) is 8.